The second-order valence-corrected chi connectivity index (χ2v) is 7.19. The third kappa shape index (κ3) is 3.92. The second-order valence-electron chi connectivity index (χ2n) is 6.02. The zero-order chi connectivity index (χ0) is 14.8. The van der Waals surface area contributed by atoms with Crippen molar-refractivity contribution in [3.05, 3.63) is 0 Å². The van der Waals surface area contributed by atoms with Gasteiger partial charge in [0.2, 0.25) is 11.1 Å². The van der Waals surface area contributed by atoms with Crippen molar-refractivity contribution < 1.29 is 4.79 Å². The van der Waals surface area contributed by atoms with Crippen molar-refractivity contribution in [3.63, 3.8) is 0 Å². The van der Waals surface area contributed by atoms with Gasteiger partial charge >= 0.3 is 0 Å². The van der Waals surface area contributed by atoms with Gasteiger partial charge in [0, 0.05) is 25.7 Å². The van der Waals surface area contributed by atoms with Crippen molar-refractivity contribution in [2.75, 3.05) is 20.1 Å². The fourth-order valence-electron chi connectivity index (χ4n) is 1.98. The van der Waals surface area contributed by atoms with E-state index in [0.717, 1.165) is 19.5 Å². The van der Waals surface area contributed by atoms with E-state index in [4.69, 9.17) is 0 Å². The van der Waals surface area contributed by atoms with Crippen LogP contribution >= 0.6 is 11.8 Å². The summed E-state index contributed by atoms with van der Waals surface area (Å²) >= 11 is 1.46. The Kier molecular flexibility index (Phi) is 4.64. The zero-order valence-corrected chi connectivity index (χ0v) is 13.3. The quantitative estimate of drug-likeness (QED) is 0.847. The normalized spacial score (nSPS) is 19.9. The minimum absolute atomic E-state index is 0.0553. The van der Waals surface area contributed by atoms with Gasteiger partial charge in [0.1, 0.15) is 0 Å². The fourth-order valence-corrected chi connectivity index (χ4v) is 3.08. The van der Waals surface area contributed by atoms with Crippen LogP contribution in [0.4, 0.5) is 0 Å². The number of tetrazole rings is 1. The lowest BCUT2D eigenvalue weighted by Gasteiger charge is -2.20. The van der Waals surface area contributed by atoms with Gasteiger partial charge in [-0.15, -0.1) is 5.10 Å². The Bertz CT molecular complexity index is 469. The third-order valence-corrected chi connectivity index (χ3v) is 4.33. The van der Waals surface area contributed by atoms with Gasteiger partial charge in [-0.3, -0.25) is 4.79 Å². The molecule has 0 aromatic carbocycles. The van der Waals surface area contributed by atoms with Gasteiger partial charge in [-0.25, -0.2) is 4.68 Å². The molecule has 1 aromatic heterocycles. The summed E-state index contributed by atoms with van der Waals surface area (Å²) in [5.41, 5.74) is 0.0748. The molecule has 112 valence electrons. The molecule has 0 spiro atoms. The molecule has 0 radical (unpaired) electrons. The van der Waals surface area contributed by atoms with E-state index in [1.807, 2.05) is 7.05 Å². The number of amides is 1. The summed E-state index contributed by atoms with van der Waals surface area (Å²) in [7, 11) is 1.83. The summed E-state index contributed by atoms with van der Waals surface area (Å²) < 4.78 is 1.76. The summed E-state index contributed by atoms with van der Waals surface area (Å²) in [5, 5.41) is 15.8. The standard InChI is InChI=1S/C12H22N6OS/c1-12(2,3)13-6-8-18-11(14-15-16-18)20-9-5-7-17(4)10(9)19/h9,13H,5-8H2,1-4H3. The average Bonchev–Trinajstić information content (AvgIpc) is 2.90. The molecular formula is C12H22N6OS. The number of carbonyl (C=O) groups excluding carboxylic acids is 1. The van der Waals surface area contributed by atoms with Crippen LogP contribution in [0.15, 0.2) is 5.16 Å². The van der Waals surface area contributed by atoms with Gasteiger partial charge in [-0.1, -0.05) is 11.8 Å². The summed E-state index contributed by atoms with van der Waals surface area (Å²) in [5.74, 6) is 0.164. The molecule has 1 atom stereocenters. The smallest absolute Gasteiger partial charge is 0.235 e. The van der Waals surface area contributed by atoms with Crippen LogP contribution in [0.1, 0.15) is 27.2 Å². The van der Waals surface area contributed by atoms with E-state index in [2.05, 4.69) is 41.6 Å². The second kappa shape index (κ2) is 6.09. The molecule has 1 N–H and O–H groups in total. The number of hydrogen-bond acceptors (Lipinski definition) is 6. The van der Waals surface area contributed by atoms with E-state index in [-0.39, 0.29) is 16.7 Å². The number of hydrogen-bond donors (Lipinski definition) is 1. The molecule has 1 fully saturated rings. The summed E-state index contributed by atoms with van der Waals surface area (Å²) in [6, 6.07) is 0. The molecule has 0 saturated carbocycles. The average molecular weight is 298 g/mol. The highest BCUT2D eigenvalue weighted by Gasteiger charge is 2.31. The molecule has 0 aliphatic carbocycles. The molecule has 7 nitrogen and oxygen atoms in total. The molecular weight excluding hydrogens is 276 g/mol. The van der Waals surface area contributed by atoms with Crippen molar-refractivity contribution >= 4 is 17.7 Å². The number of nitrogens with zero attached hydrogens (tertiary/aromatic N) is 5. The highest BCUT2D eigenvalue weighted by molar-refractivity contribution is 8.00. The summed E-state index contributed by atoms with van der Waals surface area (Å²) in [6.07, 6.45) is 0.854. The molecule has 8 heteroatoms. The van der Waals surface area contributed by atoms with E-state index in [1.165, 1.54) is 11.8 Å². The van der Waals surface area contributed by atoms with Crippen LogP contribution < -0.4 is 5.32 Å². The van der Waals surface area contributed by atoms with Crippen molar-refractivity contribution in [2.24, 2.45) is 0 Å². The topological polar surface area (TPSA) is 75.9 Å². The number of aromatic nitrogens is 4. The lowest BCUT2D eigenvalue weighted by Crippen LogP contribution is -2.38. The van der Waals surface area contributed by atoms with Crippen LogP contribution in [0.3, 0.4) is 0 Å². The number of likely N-dealkylation sites (tertiary alicyclic amines) is 1. The van der Waals surface area contributed by atoms with E-state index in [1.54, 1.807) is 9.58 Å². The lowest BCUT2D eigenvalue weighted by atomic mass is 10.1. The fraction of sp³-hybridized carbons (Fsp3) is 0.833. The lowest BCUT2D eigenvalue weighted by molar-refractivity contribution is -0.126. The first-order valence-electron chi connectivity index (χ1n) is 6.79. The van der Waals surface area contributed by atoms with Gasteiger partial charge in [-0.2, -0.15) is 0 Å². The minimum atomic E-state index is -0.0553. The van der Waals surface area contributed by atoms with E-state index >= 15 is 0 Å². The monoisotopic (exact) mass is 298 g/mol. The Hall–Kier alpha value is -1.15. The molecule has 1 aliphatic rings. The Morgan fingerprint density at radius 2 is 2.20 bits per heavy atom. The molecule has 1 unspecified atom stereocenters. The number of thioether (sulfide) groups is 1. The zero-order valence-electron chi connectivity index (χ0n) is 12.5. The Labute approximate surface area is 123 Å². The molecule has 1 amide bonds. The van der Waals surface area contributed by atoms with Crippen molar-refractivity contribution in [3.8, 4) is 0 Å². The molecule has 20 heavy (non-hydrogen) atoms. The van der Waals surface area contributed by atoms with E-state index < -0.39 is 0 Å². The van der Waals surface area contributed by atoms with Gasteiger partial charge < -0.3 is 10.2 Å². The third-order valence-electron chi connectivity index (χ3n) is 3.10. The first kappa shape index (κ1) is 15.2. The van der Waals surface area contributed by atoms with Crippen LogP contribution in [0.2, 0.25) is 0 Å². The molecule has 1 aliphatic heterocycles. The highest BCUT2D eigenvalue weighted by Crippen LogP contribution is 2.28. The Morgan fingerprint density at radius 1 is 1.45 bits per heavy atom. The Balaban J connectivity index is 1.90. The largest absolute Gasteiger partial charge is 0.345 e. The number of nitrogens with one attached hydrogen (secondary N) is 1. The molecule has 0 bridgehead atoms. The summed E-state index contributed by atoms with van der Waals surface area (Å²) in [4.78, 5) is 13.7. The van der Waals surface area contributed by atoms with Crippen LogP contribution in [-0.4, -0.2) is 61.9 Å². The molecule has 1 aromatic rings. The summed E-state index contributed by atoms with van der Waals surface area (Å²) in [6.45, 7) is 8.66. The van der Waals surface area contributed by atoms with Crippen LogP contribution in [0.5, 0.6) is 0 Å². The molecule has 2 rings (SSSR count). The maximum atomic E-state index is 11.9. The van der Waals surface area contributed by atoms with Crippen molar-refractivity contribution in [1.82, 2.24) is 30.4 Å². The Morgan fingerprint density at radius 3 is 2.80 bits per heavy atom. The number of rotatable bonds is 5. The van der Waals surface area contributed by atoms with Crippen molar-refractivity contribution in [2.45, 2.75) is 49.7 Å². The van der Waals surface area contributed by atoms with Gasteiger partial charge in [-0.05, 0) is 37.6 Å². The highest BCUT2D eigenvalue weighted by atomic mass is 32.2. The van der Waals surface area contributed by atoms with Gasteiger partial charge in [0.15, 0.2) is 0 Å². The first-order valence-corrected chi connectivity index (χ1v) is 7.67. The van der Waals surface area contributed by atoms with Crippen LogP contribution in [0, 0.1) is 0 Å². The molecule has 2 heterocycles. The predicted octanol–water partition coefficient (Wildman–Crippen LogP) is 0.384. The van der Waals surface area contributed by atoms with Crippen molar-refractivity contribution in [1.29, 1.82) is 0 Å². The predicted molar refractivity (Wildman–Crippen MR) is 77.5 cm³/mol. The van der Waals surface area contributed by atoms with Gasteiger partial charge in [0.05, 0.1) is 11.8 Å². The van der Waals surface area contributed by atoms with Crippen LogP contribution in [-0.2, 0) is 11.3 Å². The van der Waals surface area contributed by atoms with E-state index in [9.17, 15) is 4.79 Å². The maximum Gasteiger partial charge on any atom is 0.235 e. The minimum Gasteiger partial charge on any atom is -0.345 e. The first-order chi connectivity index (χ1) is 9.37. The SMILES string of the molecule is CN1CCC(Sc2nnnn2CCNC(C)(C)C)C1=O. The number of carbonyl (C=O) groups is 1. The van der Waals surface area contributed by atoms with E-state index in [0.29, 0.717) is 11.7 Å². The maximum absolute atomic E-state index is 11.9. The molecule has 1 saturated heterocycles. The van der Waals surface area contributed by atoms with Gasteiger partial charge in [0.25, 0.3) is 0 Å². The van der Waals surface area contributed by atoms with Crippen LogP contribution in [0.25, 0.3) is 0 Å².